The Labute approximate surface area is 142 Å². The lowest BCUT2D eigenvalue weighted by molar-refractivity contribution is -0.145. The second kappa shape index (κ2) is 10.1. The van der Waals surface area contributed by atoms with Gasteiger partial charge in [-0.3, -0.25) is 18.7 Å². The Balaban J connectivity index is 2.47. The highest BCUT2D eigenvalue weighted by Gasteiger charge is 2.10. The van der Waals surface area contributed by atoms with Crippen LogP contribution in [-0.4, -0.2) is 39.6 Å². The first-order chi connectivity index (χ1) is 11.4. The molecule has 0 fully saturated rings. The van der Waals surface area contributed by atoms with E-state index in [4.69, 9.17) is 4.74 Å². The van der Waals surface area contributed by atoms with Crippen LogP contribution in [0.4, 0.5) is 0 Å². The number of hydrogen-bond donors (Lipinski definition) is 0. The van der Waals surface area contributed by atoms with E-state index in [-0.39, 0.29) is 12.6 Å². The molecule has 0 saturated heterocycles. The normalized spacial score (nSPS) is 11.0. The summed E-state index contributed by atoms with van der Waals surface area (Å²) in [5, 5.41) is 0. The molecule has 0 atom stereocenters. The minimum absolute atomic E-state index is 0.0612. The third kappa shape index (κ3) is 5.96. The molecule has 0 unspecified atom stereocenters. The Hall–Kier alpha value is -1.89. The van der Waals surface area contributed by atoms with E-state index >= 15 is 0 Å². The van der Waals surface area contributed by atoms with E-state index in [1.807, 2.05) is 0 Å². The van der Waals surface area contributed by atoms with Crippen LogP contribution in [0.2, 0.25) is 0 Å². The lowest BCUT2D eigenvalue weighted by Crippen LogP contribution is -2.38. The number of hydrogen-bond acceptors (Lipinski definition) is 5. The van der Waals surface area contributed by atoms with E-state index in [1.165, 1.54) is 17.7 Å². The van der Waals surface area contributed by atoms with Gasteiger partial charge in [0.25, 0.3) is 5.56 Å². The van der Waals surface area contributed by atoms with Crippen molar-refractivity contribution in [2.24, 2.45) is 14.1 Å². The number of ether oxygens (including phenoxy) is 1. The molecule has 136 valence electrons. The second-order valence-electron chi connectivity index (χ2n) is 5.98. The first kappa shape index (κ1) is 20.2. The van der Waals surface area contributed by atoms with Gasteiger partial charge in [-0.25, -0.2) is 4.79 Å². The topological polar surface area (TPSA) is 73.5 Å². The van der Waals surface area contributed by atoms with Crippen LogP contribution in [0.1, 0.15) is 45.2 Å². The Morgan fingerprint density at radius 3 is 2.29 bits per heavy atom. The molecule has 0 aliphatic carbocycles. The lowest BCUT2D eigenvalue weighted by Gasteiger charge is -2.20. The van der Waals surface area contributed by atoms with Gasteiger partial charge in [-0.05, 0) is 38.9 Å². The molecule has 0 saturated carbocycles. The molecular weight excluding hydrogens is 310 g/mol. The summed E-state index contributed by atoms with van der Waals surface area (Å²) in [5.74, 6) is -0.309. The maximum atomic E-state index is 11.9. The van der Waals surface area contributed by atoms with Crippen molar-refractivity contribution in [3.05, 3.63) is 32.6 Å². The molecule has 24 heavy (non-hydrogen) atoms. The van der Waals surface area contributed by atoms with E-state index in [0.29, 0.717) is 12.1 Å². The average molecular weight is 339 g/mol. The molecule has 0 radical (unpaired) electrons. The largest absolute Gasteiger partial charge is 0.459 e. The van der Waals surface area contributed by atoms with Crippen molar-refractivity contribution in [2.45, 2.75) is 46.1 Å². The van der Waals surface area contributed by atoms with Gasteiger partial charge in [0.15, 0.2) is 0 Å². The van der Waals surface area contributed by atoms with Gasteiger partial charge in [0, 0.05) is 26.6 Å². The van der Waals surface area contributed by atoms with Crippen LogP contribution in [-0.2, 0) is 30.2 Å². The van der Waals surface area contributed by atoms with Crippen LogP contribution in [0.3, 0.4) is 0 Å². The molecule has 1 rings (SSSR count). The van der Waals surface area contributed by atoms with E-state index in [9.17, 15) is 14.4 Å². The number of nitrogens with zero attached hydrogens (tertiary/aromatic N) is 3. The van der Waals surface area contributed by atoms with Crippen LogP contribution in [0, 0.1) is 0 Å². The molecule has 1 aromatic heterocycles. The minimum Gasteiger partial charge on any atom is -0.459 e. The van der Waals surface area contributed by atoms with Crippen molar-refractivity contribution >= 4 is 5.97 Å². The molecule has 7 nitrogen and oxygen atoms in total. The van der Waals surface area contributed by atoms with Gasteiger partial charge in [0.2, 0.25) is 0 Å². The third-order valence-corrected chi connectivity index (χ3v) is 3.94. The van der Waals surface area contributed by atoms with E-state index in [2.05, 4.69) is 18.7 Å². The highest BCUT2D eigenvalue weighted by atomic mass is 16.5. The van der Waals surface area contributed by atoms with Gasteiger partial charge in [0.1, 0.15) is 6.61 Å². The number of rotatable bonds is 10. The van der Waals surface area contributed by atoms with E-state index in [1.54, 1.807) is 7.05 Å². The molecular formula is C17H29N3O4. The Bertz CT molecular complexity index is 642. The quantitative estimate of drug-likeness (QED) is 0.595. The number of aromatic nitrogens is 2. The summed E-state index contributed by atoms with van der Waals surface area (Å²) >= 11 is 0. The zero-order chi connectivity index (χ0) is 18.1. The summed E-state index contributed by atoms with van der Waals surface area (Å²) in [6.45, 7) is 7.18. The fourth-order valence-electron chi connectivity index (χ4n) is 2.56. The van der Waals surface area contributed by atoms with Crippen molar-refractivity contribution in [2.75, 3.05) is 19.6 Å². The molecule has 7 heteroatoms. The summed E-state index contributed by atoms with van der Waals surface area (Å²) in [5.41, 5.74) is -0.433. The van der Waals surface area contributed by atoms with Gasteiger partial charge >= 0.3 is 11.7 Å². The second-order valence-corrected chi connectivity index (χ2v) is 5.98. The molecule has 0 aromatic carbocycles. The van der Waals surface area contributed by atoms with Crippen LogP contribution in [0.25, 0.3) is 0 Å². The molecule has 0 bridgehead atoms. The standard InChI is InChI=1S/C17H29N3O4/c1-5-9-20(10-6-2)11-7-8-16(22)24-13-14-12-15(21)19(4)17(23)18(14)3/h12H,5-11,13H2,1-4H3. The van der Waals surface area contributed by atoms with Crippen LogP contribution in [0.15, 0.2) is 15.7 Å². The fourth-order valence-corrected chi connectivity index (χ4v) is 2.56. The van der Waals surface area contributed by atoms with Gasteiger partial charge in [0.05, 0.1) is 5.69 Å². The molecule has 0 N–H and O–H groups in total. The molecule has 0 spiro atoms. The van der Waals surface area contributed by atoms with Crippen molar-refractivity contribution in [3.63, 3.8) is 0 Å². The van der Waals surface area contributed by atoms with Crippen LogP contribution in [0.5, 0.6) is 0 Å². The maximum absolute atomic E-state index is 11.9. The van der Waals surface area contributed by atoms with Gasteiger partial charge in [-0.2, -0.15) is 0 Å². The van der Waals surface area contributed by atoms with Gasteiger partial charge in [-0.15, -0.1) is 0 Å². The minimum atomic E-state index is -0.427. The van der Waals surface area contributed by atoms with E-state index in [0.717, 1.165) is 43.5 Å². The summed E-state index contributed by atoms with van der Waals surface area (Å²) in [4.78, 5) is 37.6. The highest BCUT2D eigenvalue weighted by molar-refractivity contribution is 5.69. The van der Waals surface area contributed by atoms with Gasteiger partial charge in [-0.1, -0.05) is 13.8 Å². The number of carbonyl (C=O) groups is 1. The molecule has 0 amide bonds. The first-order valence-electron chi connectivity index (χ1n) is 8.54. The lowest BCUT2D eigenvalue weighted by atomic mass is 10.2. The maximum Gasteiger partial charge on any atom is 0.330 e. The summed E-state index contributed by atoms with van der Waals surface area (Å²) in [6.07, 6.45) is 3.28. The Morgan fingerprint density at radius 1 is 1.08 bits per heavy atom. The van der Waals surface area contributed by atoms with Crippen LogP contribution < -0.4 is 11.2 Å². The van der Waals surface area contributed by atoms with Crippen LogP contribution >= 0.6 is 0 Å². The zero-order valence-electron chi connectivity index (χ0n) is 15.2. The Kier molecular flexibility index (Phi) is 8.46. The average Bonchev–Trinajstić information content (AvgIpc) is 2.55. The van der Waals surface area contributed by atoms with Crippen molar-refractivity contribution < 1.29 is 9.53 Å². The van der Waals surface area contributed by atoms with E-state index < -0.39 is 11.2 Å². The van der Waals surface area contributed by atoms with Gasteiger partial charge < -0.3 is 9.64 Å². The van der Waals surface area contributed by atoms with Crippen molar-refractivity contribution in [3.8, 4) is 0 Å². The highest BCUT2D eigenvalue weighted by Crippen LogP contribution is 2.02. The third-order valence-electron chi connectivity index (χ3n) is 3.94. The summed E-state index contributed by atoms with van der Waals surface area (Å²) < 4.78 is 7.53. The Morgan fingerprint density at radius 2 is 1.71 bits per heavy atom. The van der Waals surface area contributed by atoms with Crippen molar-refractivity contribution in [1.82, 2.24) is 14.0 Å². The van der Waals surface area contributed by atoms with Crippen molar-refractivity contribution in [1.29, 1.82) is 0 Å². The smallest absolute Gasteiger partial charge is 0.330 e. The SMILES string of the molecule is CCCN(CCC)CCCC(=O)OCc1cc(=O)n(C)c(=O)n1C. The monoisotopic (exact) mass is 339 g/mol. The predicted molar refractivity (Wildman–Crippen MR) is 93.0 cm³/mol. The molecule has 1 aromatic rings. The first-order valence-corrected chi connectivity index (χ1v) is 8.54. The summed E-state index contributed by atoms with van der Waals surface area (Å²) in [6, 6.07) is 1.32. The zero-order valence-corrected chi connectivity index (χ0v) is 15.2. The predicted octanol–water partition coefficient (Wildman–Crippen LogP) is 1.03. The number of carbonyl (C=O) groups excluding carboxylic acids is 1. The fraction of sp³-hybridized carbons (Fsp3) is 0.706. The summed E-state index contributed by atoms with van der Waals surface area (Å²) in [7, 11) is 2.97. The number of esters is 1. The molecule has 0 aliphatic rings. The molecule has 0 aliphatic heterocycles. The molecule has 1 heterocycles.